The van der Waals surface area contributed by atoms with Crippen LogP contribution in [0.2, 0.25) is 0 Å². The zero-order valence-electron chi connectivity index (χ0n) is 10.6. The number of hydrogen-bond acceptors (Lipinski definition) is 3. The third-order valence-electron chi connectivity index (χ3n) is 3.52. The van der Waals surface area contributed by atoms with Crippen molar-refractivity contribution in [2.24, 2.45) is 0 Å². The third kappa shape index (κ3) is 2.99. The van der Waals surface area contributed by atoms with Crippen LogP contribution in [-0.2, 0) is 9.84 Å². The smallest absolute Gasteiger partial charge is 0.177 e. The van der Waals surface area contributed by atoms with Crippen molar-refractivity contribution in [1.29, 1.82) is 0 Å². The molecule has 0 aromatic heterocycles. The van der Waals surface area contributed by atoms with Gasteiger partial charge in [-0.25, -0.2) is 8.42 Å². The van der Waals surface area contributed by atoms with E-state index in [2.05, 4.69) is 0 Å². The maximum atomic E-state index is 12.1. The number of hydrogen-bond donors (Lipinski definition) is 0. The maximum absolute atomic E-state index is 12.1. The Morgan fingerprint density at radius 2 is 1.72 bits per heavy atom. The van der Waals surface area contributed by atoms with Crippen molar-refractivity contribution in [2.45, 2.75) is 37.9 Å². The molecule has 0 spiro atoms. The Kier molecular flexibility index (Phi) is 3.85. The number of rotatable bonds is 4. The highest BCUT2D eigenvalue weighted by atomic mass is 32.2. The second-order valence-corrected chi connectivity index (χ2v) is 7.28. The van der Waals surface area contributed by atoms with Gasteiger partial charge in [0.15, 0.2) is 15.6 Å². The summed E-state index contributed by atoms with van der Waals surface area (Å²) in [6.07, 6.45) is 3.35. The molecule has 0 unspecified atom stereocenters. The molecule has 0 heterocycles. The fourth-order valence-corrected chi connectivity index (χ4v) is 4.19. The first-order valence-corrected chi connectivity index (χ1v) is 8.02. The molecule has 1 fully saturated rings. The monoisotopic (exact) mass is 266 g/mol. The molecule has 0 bridgehead atoms. The number of sulfone groups is 1. The molecule has 18 heavy (non-hydrogen) atoms. The summed E-state index contributed by atoms with van der Waals surface area (Å²) >= 11 is 0. The second-order valence-electron chi connectivity index (χ2n) is 5.00. The number of benzene rings is 1. The number of ketones is 1. The molecular formula is C14H18O3S. The van der Waals surface area contributed by atoms with Gasteiger partial charge in [-0.3, -0.25) is 4.79 Å². The zero-order chi connectivity index (χ0) is 13.2. The highest BCUT2D eigenvalue weighted by Gasteiger charge is 2.30. The molecule has 0 saturated heterocycles. The molecule has 1 aromatic rings. The van der Waals surface area contributed by atoms with Gasteiger partial charge in [0.1, 0.15) is 5.75 Å². The first-order valence-electron chi connectivity index (χ1n) is 6.30. The molecule has 1 aliphatic rings. The molecule has 1 aliphatic carbocycles. The van der Waals surface area contributed by atoms with Crippen molar-refractivity contribution in [1.82, 2.24) is 0 Å². The first-order chi connectivity index (χ1) is 8.49. The normalized spacial score (nSPS) is 16.9. The van der Waals surface area contributed by atoms with E-state index in [-0.39, 0.29) is 16.8 Å². The van der Waals surface area contributed by atoms with Crippen LogP contribution in [0.3, 0.4) is 0 Å². The van der Waals surface area contributed by atoms with Crippen LogP contribution >= 0.6 is 0 Å². The van der Waals surface area contributed by atoms with Crippen molar-refractivity contribution in [2.75, 3.05) is 5.75 Å². The number of carbonyl (C=O) groups is 1. The summed E-state index contributed by atoms with van der Waals surface area (Å²) in [6.45, 7) is 1.93. The minimum atomic E-state index is -3.27. The molecule has 1 aromatic carbocycles. The Hall–Kier alpha value is -1.16. The van der Waals surface area contributed by atoms with E-state index in [0.29, 0.717) is 18.4 Å². The minimum absolute atomic E-state index is 0.290. The summed E-state index contributed by atoms with van der Waals surface area (Å²) in [6, 6.07) is 7.05. The highest BCUT2D eigenvalue weighted by Crippen LogP contribution is 2.25. The topological polar surface area (TPSA) is 51.2 Å². The average Bonchev–Trinajstić information content (AvgIpc) is 2.83. The Balaban J connectivity index is 2.09. The third-order valence-corrected chi connectivity index (χ3v) is 5.67. The quantitative estimate of drug-likeness (QED) is 0.787. The molecule has 1 saturated carbocycles. The van der Waals surface area contributed by atoms with E-state index in [9.17, 15) is 13.2 Å². The van der Waals surface area contributed by atoms with Gasteiger partial charge in [0.25, 0.3) is 0 Å². The van der Waals surface area contributed by atoms with Crippen molar-refractivity contribution in [3.05, 3.63) is 35.4 Å². The lowest BCUT2D eigenvalue weighted by Crippen LogP contribution is -2.25. The lowest BCUT2D eigenvalue weighted by Gasteiger charge is -2.10. The molecule has 0 N–H and O–H groups in total. The van der Waals surface area contributed by atoms with Crippen LogP contribution in [0.15, 0.2) is 24.3 Å². The van der Waals surface area contributed by atoms with Crippen LogP contribution in [0.5, 0.6) is 0 Å². The lowest BCUT2D eigenvalue weighted by molar-refractivity contribution is 0.102. The number of carbonyl (C=O) groups excluding carboxylic acids is 1. The highest BCUT2D eigenvalue weighted by molar-refractivity contribution is 7.92. The molecule has 0 atom stereocenters. The molecule has 3 nitrogen and oxygen atoms in total. The first kappa shape index (κ1) is 13.3. The zero-order valence-corrected chi connectivity index (χ0v) is 11.4. The second kappa shape index (κ2) is 5.22. The standard InChI is InChI=1S/C14H18O3S/c1-11-6-8-12(9-7-11)14(15)10-18(16,17)13-4-2-3-5-13/h6-9,13H,2-5,10H2,1H3. The van der Waals surface area contributed by atoms with E-state index < -0.39 is 9.84 Å². The van der Waals surface area contributed by atoms with Gasteiger partial charge in [-0.1, -0.05) is 42.7 Å². The van der Waals surface area contributed by atoms with Gasteiger partial charge in [-0.05, 0) is 19.8 Å². The summed E-state index contributed by atoms with van der Waals surface area (Å²) in [5.74, 6) is -0.636. The summed E-state index contributed by atoms with van der Waals surface area (Å²) in [5.41, 5.74) is 1.55. The number of aryl methyl sites for hydroxylation is 1. The van der Waals surface area contributed by atoms with E-state index in [1.807, 2.05) is 19.1 Å². The van der Waals surface area contributed by atoms with E-state index in [1.165, 1.54) is 0 Å². The summed E-state index contributed by atoms with van der Waals surface area (Å²) < 4.78 is 24.1. The number of Topliss-reactive ketones (excluding diaryl/α,β-unsaturated/α-hetero) is 1. The van der Waals surface area contributed by atoms with Crippen molar-refractivity contribution < 1.29 is 13.2 Å². The molecule has 2 rings (SSSR count). The predicted molar refractivity (Wildman–Crippen MR) is 71.6 cm³/mol. The Morgan fingerprint density at radius 3 is 2.28 bits per heavy atom. The van der Waals surface area contributed by atoms with E-state index in [4.69, 9.17) is 0 Å². The van der Waals surface area contributed by atoms with Crippen molar-refractivity contribution in [3.8, 4) is 0 Å². The molecule has 4 heteroatoms. The summed E-state index contributed by atoms with van der Waals surface area (Å²) in [5, 5.41) is -0.299. The van der Waals surface area contributed by atoms with Crippen molar-refractivity contribution in [3.63, 3.8) is 0 Å². The van der Waals surface area contributed by atoms with Gasteiger partial charge in [0, 0.05) is 5.56 Å². The SMILES string of the molecule is Cc1ccc(C(=O)CS(=O)(=O)C2CCCC2)cc1. The van der Waals surface area contributed by atoms with Gasteiger partial charge in [-0.15, -0.1) is 0 Å². The molecule has 98 valence electrons. The van der Waals surface area contributed by atoms with Gasteiger partial charge < -0.3 is 0 Å². The maximum Gasteiger partial charge on any atom is 0.177 e. The Morgan fingerprint density at radius 1 is 1.17 bits per heavy atom. The fraction of sp³-hybridized carbons (Fsp3) is 0.500. The molecular weight excluding hydrogens is 248 g/mol. The van der Waals surface area contributed by atoms with E-state index >= 15 is 0 Å². The Bertz CT molecular complexity index is 523. The van der Waals surface area contributed by atoms with Crippen LogP contribution in [0.4, 0.5) is 0 Å². The van der Waals surface area contributed by atoms with Crippen LogP contribution in [0.1, 0.15) is 41.6 Å². The van der Waals surface area contributed by atoms with Crippen LogP contribution < -0.4 is 0 Å². The van der Waals surface area contributed by atoms with Crippen LogP contribution in [0.25, 0.3) is 0 Å². The van der Waals surface area contributed by atoms with Gasteiger partial charge in [0.05, 0.1) is 5.25 Å². The summed E-state index contributed by atoms with van der Waals surface area (Å²) in [7, 11) is -3.27. The van der Waals surface area contributed by atoms with E-state index in [0.717, 1.165) is 18.4 Å². The van der Waals surface area contributed by atoms with Crippen molar-refractivity contribution >= 4 is 15.6 Å². The van der Waals surface area contributed by atoms with E-state index in [1.54, 1.807) is 12.1 Å². The summed E-state index contributed by atoms with van der Waals surface area (Å²) in [4.78, 5) is 11.9. The predicted octanol–water partition coefficient (Wildman–Crippen LogP) is 2.54. The molecule has 0 amide bonds. The average molecular weight is 266 g/mol. The van der Waals surface area contributed by atoms with Crippen LogP contribution in [-0.4, -0.2) is 25.2 Å². The van der Waals surface area contributed by atoms with Gasteiger partial charge >= 0.3 is 0 Å². The largest absolute Gasteiger partial charge is 0.293 e. The van der Waals surface area contributed by atoms with Gasteiger partial charge in [-0.2, -0.15) is 0 Å². The van der Waals surface area contributed by atoms with Gasteiger partial charge in [0.2, 0.25) is 0 Å². The molecule has 0 aliphatic heterocycles. The molecule has 0 radical (unpaired) electrons. The Labute approximate surface area is 108 Å². The fourth-order valence-electron chi connectivity index (χ4n) is 2.37. The van der Waals surface area contributed by atoms with Crippen LogP contribution in [0, 0.1) is 6.92 Å². The minimum Gasteiger partial charge on any atom is -0.293 e. The lowest BCUT2D eigenvalue weighted by atomic mass is 10.1.